The Morgan fingerprint density at radius 1 is 0.341 bits per heavy atom. The fraction of sp³-hybridized carbons (Fsp3) is 0.842. The normalized spacial score (nSPS) is 12.9. The van der Waals surface area contributed by atoms with Gasteiger partial charge in [0.05, 0.1) is 25.4 Å². The number of amides is 1. The summed E-state index contributed by atoms with van der Waals surface area (Å²) in [5.74, 6) is -0.0645. The minimum atomic E-state index is -0.845. The van der Waals surface area contributed by atoms with E-state index >= 15 is 0 Å². The molecule has 0 saturated heterocycles. The molecule has 0 rings (SSSR count). The second-order valence-electron chi connectivity index (χ2n) is 24.9. The Bertz CT molecular complexity index is 1420. The van der Waals surface area contributed by atoms with Crippen molar-refractivity contribution in [3.05, 3.63) is 60.8 Å². The number of allylic oxidation sites excluding steroid dienone is 9. The lowest BCUT2D eigenvalue weighted by molar-refractivity contribution is -0.143. The van der Waals surface area contributed by atoms with Gasteiger partial charge in [0, 0.05) is 12.8 Å². The molecule has 480 valence electrons. The highest BCUT2D eigenvalue weighted by Gasteiger charge is 2.18. The highest BCUT2D eigenvalue weighted by atomic mass is 16.5. The molecule has 0 bridgehead atoms. The number of rotatable bonds is 68. The summed E-state index contributed by atoms with van der Waals surface area (Å²) in [6.45, 7) is 4.88. The molecule has 0 heterocycles. The van der Waals surface area contributed by atoms with Crippen LogP contribution in [0, 0.1) is 0 Å². The monoisotopic (exact) mass is 1150 g/mol. The average molecular weight is 1150 g/mol. The van der Waals surface area contributed by atoms with Crippen molar-refractivity contribution >= 4 is 11.9 Å². The molecule has 0 aromatic rings. The fourth-order valence-corrected chi connectivity index (χ4v) is 11.2. The van der Waals surface area contributed by atoms with Gasteiger partial charge in [0.25, 0.3) is 0 Å². The maximum atomic E-state index is 12.5. The molecule has 82 heavy (non-hydrogen) atoms. The third-order valence-electron chi connectivity index (χ3n) is 16.8. The third kappa shape index (κ3) is 66.7. The van der Waals surface area contributed by atoms with E-state index in [0.29, 0.717) is 19.4 Å². The van der Waals surface area contributed by atoms with Crippen molar-refractivity contribution < 1.29 is 24.5 Å². The van der Waals surface area contributed by atoms with Gasteiger partial charge in [0.15, 0.2) is 0 Å². The zero-order chi connectivity index (χ0) is 59.2. The SMILES string of the molecule is CCCC/C=C\C/C=C\CCCCCCCC(=O)OCCCCCCCCCCC/C=C\C/C=C\CCCCCCCCCCCCCCCCCCCC(=O)NC(CO)C(O)/C=C/CCCCCCCCCCCCCCCCCC. The molecule has 3 N–H and O–H groups in total. The summed E-state index contributed by atoms with van der Waals surface area (Å²) < 4.78 is 5.48. The lowest BCUT2D eigenvalue weighted by Gasteiger charge is -2.20. The molecular formula is C76H141NO5. The van der Waals surface area contributed by atoms with E-state index in [2.05, 4.69) is 67.8 Å². The number of hydrogen-bond donors (Lipinski definition) is 3. The maximum absolute atomic E-state index is 12.5. The first-order chi connectivity index (χ1) is 40.5. The van der Waals surface area contributed by atoms with Crippen LogP contribution in [0.2, 0.25) is 0 Å². The van der Waals surface area contributed by atoms with Crippen molar-refractivity contribution in [3.63, 3.8) is 0 Å². The zero-order valence-corrected chi connectivity index (χ0v) is 55.0. The first-order valence-corrected chi connectivity index (χ1v) is 36.6. The van der Waals surface area contributed by atoms with Crippen LogP contribution in [0.15, 0.2) is 60.8 Å². The number of aliphatic hydroxyl groups excluding tert-OH is 2. The Morgan fingerprint density at radius 3 is 0.963 bits per heavy atom. The van der Waals surface area contributed by atoms with Crippen LogP contribution in [0.5, 0.6) is 0 Å². The maximum Gasteiger partial charge on any atom is 0.305 e. The summed E-state index contributed by atoms with van der Waals surface area (Å²) in [7, 11) is 0. The molecule has 1 amide bonds. The van der Waals surface area contributed by atoms with Crippen molar-refractivity contribution in [1.82, 2.24) is 5.32 Å². The van der Waals surface area contributed by atoms with Crippen LogP contribution < -0.4 is 5.32 Å². The Morgan fingerprint density at radius 2 is 0.622 bits per heavy atom. The molecule has 0 aromatic heterocycles. The van der Waals surface area contributed by atoms with E-state index < -0.39 is 12.1 Å². The molecule has 6 heteroatoms. The van der Waals surface area contributed by atoms with Crippen LogP contribution in [0.1, 0.15) is 386 Å². The lowest BCUT2D eigenvalue weighted by Crippen LogP contribution is -2.45. The summed E-state index contributed by atoms with van der Waals surface area (Å²) in [6, 6.07) is -0.628. The summed E-state index contributed by atoms with van der Waals surface area (Å²) in [5, 5.41) is 23.2. The van der Waals surface area contributed by atoms with E-state index in [1.807, 2.05) is 6.08 Å². The van der Waals surface area contributed by atoms with Gasteiger partial charge in [-0.3, -0.25) is 9.59 Å². The topological polar surface area (TPSA) is 95.9 Å². The number of unbranched alkanes of at least 4 members (excludes halogenated alkanes) is 49. The smallest absolute Gasteiger partial charge is 0.305 e. The van der Waals surface area contributed by atoms with Crippen molar-refractivity contribution in [2.24, 2.45) is 0 Å². The summed E-state index contributed by atoms with van der Waals surface area (Å²) >= 11 is 0. The van der Waals surface area contributed by atoms with Crippen LogP contribution in [-0.4, -0.2) is 47.4 Å². The summed E-state index contributed by atoms with van der Waals surface area (Å²) in [4.78, 5) is 24.6. The van der Waals surface area contributed by atoms with E-state index in [1.165, 1.54) is 302 Å². The number of hydrogen-bond acceptors (Lipinski definition) is 5. The van der Waals surface area contributed by atoms with E-state index in [0.717, 1.165) is 57.8 Å². The molecule has 0 radical (unpaired) electrons. The van der Waals surface area contributed by atoms with Gasteiger partial charge in [-0.2, -0.15) is 0 Å². The number of aliphatic hydroxyl groups is 2. The molecule has 2 unspecified atom stereocenters. The Hall–Kier alpha value is -2.44. The Labute approximate surface area is 511 Å². The fourth-order valence-electron chi connectivity index (χ4n) is 11.2. The van der Waals surface area contributed by atoms with E-state index in [9.17, 15) is 19.8 Å². The van der Waals surface area contributed by atoms with Gasteiger partial charge in [-0.15, -0.1) is 0 Å². The third-order valence-corrected chi connectivity index (χ3v) is 16.8. The zero-order valence-electron chi connectivity index (χ0n) is 55.0. The minimum Gasteiger partial charge on any atom is -0.466 e. The molecule has 0 aliphatic heterocycles. The van der Waals surface area contributed by atoms with Gasteiger partial charge in [0.1, 0.15) is 0 Å². The highest BCUT2D eigenvalue weighted by Crippen LogP contribution is 2.18. The van der Waals surface area contributed by atoms with Crippen molar-refractivity contribution in [1.29, 1.82) is 0 Å². The number of carbonyl (C=O) groups is 2. The van der Waals surface area contributed by atoms with Gasteiger partial charge < -0.3 is 20.3 Å². The first kappa shape index (κ1) is 79.6. The molecule has 0 aliphatic rings. The van der Waals surface area contributed by atoms with Gasteiger partial charge in [-0.25, -0.2) is 0 Å². The molecular weight excluding hydrogens is 1010 g/mol. The number of esters is 1. The number of carbonyl (C=O) groups excluding carboxylic acids is 2. The molecule has 6 nitrogen and oxygen atoms in total. The first-order valence-electron chi connectivity index (χ1n) is 36.6. The quantitative estimate of drug-likeness (QED) is 0.0320. The van der Waals surface area contributed by atoms with E-state index in [4.69, 9.17) is 4.74 Å². The molecule has 2 atom stereocenters. The van der Waals surface area contributed by atoms with Crippen LogP contribution >= 0.6 is 0 Å². The van der Waals surface area contributed by atoms with Crippen LogP contribution in [-0.2, 0) is 14.3 Å². The minimum absolute atomic E-state index is 0.000878. The van der Waals surface area contributed by atoms with Crippen LogP contribution in [0.25, 0.3) is 0 Å². The standard InChI is InChI=1S/C76H141NO5/c1-3-5-7-9-11-13-15-17-19-20-38-41-44-48-52-56-60-64-68-74(79)73(72-78)77-75(80)69-65-61-57-53-49-45-42-39-36-34-32-30-28-26-24-22-21-23-25-27-29-31-33-35-37-40-43-47-51-55-59-63-67-71-82-76(81)70-66-62-58-54-50-46-18-16-14-12-10-8-6-4-2/h10,12,16,18,25,27,31,33,64,68,73-74,78-79H,3-9,11,13-15,17,19-24,26,28-30,32,34-63,65-67,69-72H2,1-2H3,(H,77,80)/b12-10-,18-16-,27-25-,33-31-,68-64+. The number of ether oxygens (including phenoxy) is 1. The summed E-state index contributed by atoms with van der Waals surface area (Å²) in [6.07, 6.45) is 94.5. The van der Waals surface area contributed by atoms with Crippen molar-refractivity contribution in [2.75, 3.05) is 13.2 Å². The second-order valence-corrected chi connectivity index (χ2v) is 24.9. The average Bonchev–Trinajstić information content (AvgIpc) is 3.48. The van der Waals surface area contributed by atoms with Crippen LogP contribution in [0.3, 0.4) is 0 Å². The predicted octanol–water partition coefficient (Wildman–Crippen LogP) is 23.8. The van der Waals surface area contributed by atoms with Crippen LogP contribution in [0.4, 0.5) is 0 Å². The lowest BCUT2D eigenvalue weighted by atomic mass is 10.0. The molecule has 0 fully saturated rings. The van der Waals surface area contributed by atoms with Crippen molar-refractivity contribution in [2.45, 2.75) is 398 Å². The van der Waals surface area contributed by atoms with Crippen molar-refractivity contribution in [3.8, 4) is 0 Å². The molecule has 0 spiro atoms. The largest absolute Gasteiger partial charge is 0.466 e. The van der Waals surface area contributed by atoms with Gasteiger partial charge in [-0.05, 0) is 89.9 Å². The molecule has 0 aromatic carbocycles. The van der Waals surface area contributed by atoms with E-state index in [1.54, 1.807) is 6.08 Å². The van der Waals surface area contributed by atoms with Gasteiger partial charge in [0.2, 0.25) is 5.91 Å². The Kier molecular flexibility index (Phi) is 68.9. The van der Waals surface area contributed by atoms with E-state index in [-0.39, 0.29) is 18.5 Å². The summed E-state index contributed by atoms with van der Waals surface area (Å²) in [5.41, 5.74) is 0. The van der Waals surface area contributed by atoms with Gasteiger partial charge >= 0.3 is 5.97 Å². The molecule has 0 aliphatic carbocycles. The molecule has 0 saturated carbocycles. The number of nitrogens with one attached hydrogen (secondary N) is 1. The highest BCUT2D eigenvalue weighted by molar-refractivity contribution is 5.76. The van der Waals surface area contributed by atoms with Gasteiger partial charge in [-0.1, -0.05) is 344 Å². The predicted molar refractivity (Wildman–Crippen MR) is 361 cm³/mol. The Balaban J connectivity index is 3.41. The second kappa shape index (κ2) is 71.0.